The highest BCUT2D eigenvalue weighted by Crippen LogP contribution is 2.27. The number of rotatable bonds is 4. The summed E-state index contributed by atoms with van der Waals surface area (Å²) in [5, 5.41) is 17.1. The van der Waals surface area contributed by atoms with Gasteiger partial charge < -0.3 is 25.0 Å². The fourth-order valence-corrected chi connectivity index (χ4v) is 3.34. The maximum absolute atomic E-state index is 11.0. The smallest absolute Gasteiger partial charge is 0.238 e. The Morgan fingerprint density at radius 3 is 2.85 bits per heavy atom. The van der Waals surface area contributed by atoms with E-state index in [-0.39, 0.29) is 12.0 Å². The molecule has 9 nitrogen and oxygen atoms in total. The zero-order chi connectivity index (χ0) is 18.1. The summed E-state index contributed by atoms with van der Waals surface area (Å²) in [5.74, 6) is 0.854. The molecule has 2 unspecified atom stereocenters. The first-order chi connectivity index (χ1) is 12.6. The molecule has 0 saturated carbocycles. The predicted octanol–water partition coefficient (Wildman–Crippen LogP) is -0.0845. The maximum atomic E-state index is 11.0. The number of ether oxygens (including phenoxy) is 1. The van der Waals surface area contributed by atoms with Crippen LogP contribution in [0.1, 0.15) is 12.7 Å². The number of hydrogen-bond acceptors (Lipinski definition) is 7. The number of fused-ring (bicyclic) bond motifs is 1. The number of nitrogens with zero attached hydrogens (tertiary/aromatic N) is 5. The summed E-state index contributed by atoms with van der Waals surface area (Å²) in [5.41, 5.74) is 1.99. The Kier molecular flexibility index (Phi) is 4.48. The van der Waals surface area contributed by atoms with Gasteiger partial charge in [-0.1, -0.05) is 0 Å². The van der Waals surface area contributed by atoms with E-state index in [1.807, 2.05) is 28.9 Å². The van der Waals surface area contributed by atoms with Crippen LogP contribution in [0.3, 0.4) is 0 Å². The summed E-state index contributed by atoms with van der Waals surface area (Å²) in [6.07, 6.45) is 0.351. The lowest BCUT2D eigenvalue weighted by molar-refractivity contribution is -0.121. The van der Waals surface area contributed by atoms with Crippen molar-refractivity contribution in [2.24, 2.45) is 0 Å². The van der Waals surface area contributed by atoms with Crippen molar-refractivity contribution >= 4 is 17.3 Å². The van der Waals surface area contributed by atoms with Crippen molar-refractivity contribution in [3.63, 3.8) is 0 Å². The van der Waals surface area contributed by atoms with Gasteiger partial charge in [0.25, 0.3) is 0 Å². The quantitative estimate of drug-likeness (QED) is 0.789. The average molecular weight is 358 g/mol. The lowest BCUT2D eigenvalue weighted by Gasteiger charge is -2.29. The third kappa shape index (κ3) is 3.35. The van der Waals surface area contributed by atoms with Gasteiger partial charge in [-0.05, 0) is 24.3 Å². The van der Waals surface area contributed by atoms with Crippen molar-refractivity contribution in [2.45, 2.75) is 32.5 Å². The summed E-state index contributed by atoms with van der Waals surface area (Å²) in [7, 11) is 0. The number of aromatic nitrogens is 3. The molecule has 0 bridgehead atoms. The van der Waals surface area contributed by atoms with Crippen LogP contribution in [0.25, 0.3) is 0 Å². The second kappa shape index (κ2) is 6.93. The number of aliphatic hydroxyl groups is 1. The van der Waals surface area contributed by atoms with Crippen LogP contribution in [0.5, 0.6) is 0 Å². The monoisotopic (exact) mass is 358 g/mol. The highest BCUT2D eigenvalue weighted by molar-refractivity contribution is 5.72. The molecule has 0 radical (unpaired) electrons. The van der Waals surface area contributed by atoms with Gasteiger partial charge in [-0.15, -0.1) is 0 Å². The number of carbonyl (C=O) groups excluding carboxylic acids is 1. The third-order valence-corrected chi connectivity index (χ3v) is 4.72. The molecule has 1 saturated heterocycles. The van der Waals surface area contributed by atoms with E-state index in [0.717, 1.165) is 36.8 Å². The Bertz CT molecular complexity index is 777. The number of anilines is 2. The Morgan fingerprint density at radius 2 is 2.08 bits per heavy atom. The molecule has 9 heteroatoms. The second-order valence-electron chi connectivity index (χ2n) is 6.51. The minimum atomic E-state index is -1.01. The van der Waals surface area contributed by atoms with Gasteiger partial charge in [0.2, 0.25) is 12.3 Å². The molecule has 1 aromatic carbocycles. The molecule has 138 valence electrons. The van der Waals surface area contributed by atoms with Gasteiger partial charge in [-0.3, -0.25) is 4.79 Å². The molecule has 0 spiro atoms. The van der Waals surface area contributed by atoms with Crippen LogP contribution < -0.4 is 15.1 Å². The number of nitrogens with one attached hydrogen (secondary N) is 1. The number of carbonyl (C=O) groups is 1. The van der Waals surface area contributed by atoms with Crippen molar-refractivity contribution in [1.29, 1.82) is 0 Å². The number of benzene rings is 1. The zero-order valence-electron chi connectivity index (χ0n) is 14.6. The Morgan fingerprint density at radius 1 is 1.31 bits per heavy atom. The molecular formula is C17H22N6O3. The zero-order valence-corrected chi connectivity index (χ0v) is 14.6. The van der Waals surface area contributed by atoms with E-state index in [1.165, 1.54) is 6.92 Å². The highest BCUT2D eigenvalue weighted by Gasteiger charge is 2.31. The van der Waals surface area contributed by atoms with Crippen LogP contribution in [-0.4, -0.2) is 57.9 Å². The van der Waals surface area contributed by atoms with E-state index in [9.17, 15) is 9.90 Å². The SMILES string of the molecule is CC(=O)NCC1CN(c2ccc(N3CCn4ncnc4C3)cc2)C(O)O1. The Balaban J connectivity index is 1.41. The third-order valence-electron chi connectivity index (χ3n) is 4.72. The lowest BCUT2D eigenvalue weighted by Crippen LogP contribution is -2.34. The standard InChI is InChI=1S/C17H22N6O3/c1-12(24)18-8-15-9-22(17(25)26-15)14-4-2-13(3-5-14)21-6-7-23-16(10-21)19-11-20-23/h2-5,11,15,17,25H,6-10H2,1H3,(H,18,24). The summed E-state index contributed by atoms with van der Waals surface area (Å²) >= 11 is 0. The fraction of sp³-hybridized carbons (Fsp3) is 0.471. The van der Waals surface area contributed by atoms with Gasteiger partial charge in [0.1, 0.15) is 12.2 Å². The van der Waals surface area contributed by atoms with Crippen molar-refractivity contribution in [1.82, 2.24) is 20.1 Å². The molecule has 2 aromatic rings. The average Bonchev–Trinajstić information content (AvgIpc) is 3.25. The molecule has 1 aromatic heterocycles. The van der Waals surface area contributed by atoms with E-state index < -0.39 is 6.41 Å². The Labute approximate surface area is 151 Å². The molecule has 4 rings (SSSR count). The minimum absolute atomic E-state index is 0.108. The lowest BCUT2D eigenvalue weighted by atomic mass is 10.2. The van der Waals surface area contributed by atoms with Gasteiger partial charge >= 0.3 is 0 Å². The first kappa shape index (κ1) is 16.8. The normalized spacial score (nSPS) is 22.4. The van der Waals surface area contributed by atoms with Crippen LogP contribution in [0, 0.1) is 0 Å². The molecule has 3 heterocycles. The van der Waals surface area contributed by atoms with Crippen LogP contribution in [-0.2, 0) is 22.6 Å². The number of aliphatic hydroxyl groups excluding tert-OH is 1. The second-order valence-corrected chi connectivity index (χ2v) is 6.51. The molecule has 2 atom stereocenters. The first-order valence-electron chi connectivity index (χ1n) is 8.66. The summed E-state index contributed by atoms with van der Waals surface area (Å²) in [6.45, 7) is 4.80. The van der Waals surface area contributed by atoms with Crippen LogP contribution >= 0.6 is 0 Å². The molecule has 2 aliphatic rings. The first-order valence-corrected chi connectivity index (χ1v) is 8.66. The van der Waals surface area contributed by atoms with Gasteiger partial charge in [0.05, 0.1) is 25.7 Å². The topological polar surface area (TPSA) is 95.8 Å². The summed E-state index contributed by atoms with van der Waals surface area (Å²) in [4.78, 5) is 19.3. The molecule has 2 N–H and O–H groups in total. The molecule has 0 aliphatic carbocycles. The van der Waals surface area contributed by atoms with Crippen LogP contribution in [0.4, 0.5) is 11.4 Å². The molecule has 2 aliphatic heterocycles. The van der Waals surface area contributed by atoms with Gasteiger partial charge in [-0.25, -0.2) is 9.67 Å². The minimum Gasteiger partial charge on any atom is -0.362 e. The van der Waals surface area contributed by atoms with Crippen molar-refractivity contribution < 1.29 is 14.6 Å². The van der Waals surface area contributed by atoms with Crippen molar-refractivity contribution in [2.75, 3.05) is 29.4 Å². The van der Waals surface area contributed by atoms with Gasteiger partial charge in [0.15, 0.2) is 0 Å². The molecular weight excluding hydrogens is 336 g/mol. The maximum Gasteiger partial charge on any atom is 0.238 e. The van der Waals surface area contributed by atoms with Gasteiger partial charge in [0, 0.05) is 31.4 Å². The summed E-state index contributed by atoms with van der Waals surface area (Å²) < 4.78 is 7.42. The highest BCUT2D eigenvalue weighted by atomic mass is 16.6. The number of amides is 1. The van der Waals surface area contributed by atoms with Crippen molar-refractivity contribution in [3.05, 3.63) is 36.4 Å². The van der Waals surface area contributed by atoms with E-state index in [2.05, 4.69) is 20.3 Å². The predicted molar refractivity (Wildman–Crippen MR) is 94.4 cm³/mol. The molecule has 1 amide bonds. The van der Waals surface area contributed by atoms with E-state index in [1.54, 1.807) is 11.2 Å². The van der Waals surface area contributed by atoms with Crippen molar-refractivity contribution in [3.8, 4) is 0 Å². The van der Waals surface area contributed by atoms with Crippen LogP contribution in [0.15, 0.2) is 30.6 Å². The fourth-order valence-electron chi connectivity index (χ4n) is 3.34. The van der Waals surface area contributed by atoms with E-state index in [0.29, 0.717) is 13.1 Å². The molecule has 1 fully saturated rings. The molecule has 26 heavy (non-hydrogen) atoms. The Hall–Kier alpha value is -2.65. The largest absolute Gasteiger partial charge is 0.362 e. The summed E-state index contributed by atoms with van der Waals surface area (Å²) in [6, 6.07) is 8.02. The van der Waals surface area contributed by atoms with Crippen LogP contribution in [0.2, 0.25) is 0 Å². The number of hydrogen-bond donors (Lipinski definition) is 2. The van der Waals surface area contributed by atoms with E-state index in [4.69, 9.17) is 4.74 Å². The van der Waals surface area contributed by atoms with E-state index >= 15 is 0 Å². The van der Waals surface area contributed by atoms with Gasteiger partial charge in [-0.2, -0.15) is 5.10 Å².